The smallest absolute Gasteiger partial charge is 0.243 e. The summed E-state index contributed by atoms with van der Waals surface area (Å²) in [7, 11) is 0. The number of likely N-dealkylation sites (tertiary alicyclic amines) is 1. The van der Waals surface area contributed by atoms with Crippen LogP contribution in [-0.4, -0.2) is 35.7 Å². The van der Waals surface area contributed by atoms with E-state index in [1.54, 1.807) is 15.9 Å². The summed E-state index contributed by atoms with van der Waals surface area (Å²) in [6.45, 7) is 1.17. The van der Waals surface area contributed by atoms with Gasteiger partial charge in [0.05, 0.1) is 19.5 Å². The van der Waals surface area contributed by atoms with Crippen LogP contribution in [-0.2, 0) is 27.3 Å². The molecule has 2 aromatic carbocycles. The number of nitrogens with one attached hydrogen (secondary N) is 1. The Kier molecular flexibility index (Phi) is 6.56. The van der Waals surface area contributed by atoms with E-state index in [9.17, 15) is 14.4 Å². The lowest BCUT2D eigenvalue weighted by atomic mass is 10.1. The van der Waals surface area contributed by atoms with Gasteiger partial charge in [-0.05, 0) is 48.2 Å². The Morgan fingerprint density at radius 3 is 2.55 bits per heavy atom. The Morgan fingerprint density at radius 2 is 1.74 bits per heavy atom. The van der Waals surface area contributed by atoms with Crippen LogP contribution in [0.3, 0.4) is 0 Å². The monoisotopic (exact) mass is 439 g/mol. The lowest BCUT2D eigenvalue weighted by Crippen LogP contribution is -2.39. The Labute approximate surface area is 187 Å². The van der Waals surface area contributed by atoms with E-state index in [0.29, 0.717) is 36.6 Å². The summed E-state index contributed by atoms with van der Waals surface area (Å²) in [5.41, 5.74) is 3.47. The summed E-state index contributed by atoms with van der Waals surface area (Å²) in [6, 6.07) is 13.0. The summed E-state index contributed by atoms with van der Waals surface area (Å²) in [5.74, 6) is -0.0895. The molecule has 162 valence electrons. The predicted molar refractivity (Wildman–Crippen MR) is 121 cm³/mol. The number of hydrogen-bond acceptors (Lipinski definition) is 3. The topological polar surface area (TPSA) is 69.7 Å². The van der Waals surface area contributed by atoms with E-state index in [4.69, 9.17) is 11.6 Å². The minimum atomic E-state index is -0.194. The second-order valence-corrected chi connectivity index (χ2v) is 8.59. The number of amides is 3. The minimum Gasteiger partial charge on any atom is -0.333 e. The number of benzene rings is 2. The maximum Gasteiger partial charge on any atom is 0.243 e. The largest absolute Gasteiger partial charge is 0.333 e. The van der Waals surface area contributed by atoms with Crippen molar-refractivity contribution < 1.29 is 14.4 Å². The van der Waals surface area contributed by atoms with Crippen molar-refractivity contribution in [3.8, 4) is 0 Å². The molecule has 0 spiro atoms. The molecule has 0 aromatic heterocycles. The molecule has 1 fully saturated rings. The van der Waals surface area contributed by atoms with Gasteiger partial charge in [-0.15, -0.1) is 0 Å². The van der Waals surface area contributed by atoms with Crippen molar-refractivity contribution >= 4 is 40.7 Å². The number of fused-ring (bicyclic) bond motifs is 1. The highest BCUT2D eigenvalue weighted by Gasteiger charge is 2.27. The second-order valence-electron chi connectivity index (χ2n) is 8.15. The predicted octanol–water partition coefficient (Wildman–Crippen LogP) is 4.16. The lowest BCUT2D eigenvalue weighted by Gasteiger charge is -2.24. The van der Waals surface area contributed by atoms with E-state index >= 15 is 0 Å². The van der Waals surface area contributed by atoms with E-state index in [1.807, 2.05) is 36.4 Å². The lowest BCUT2D eigenvalue weighted by molar-refractivity contribution is -0.135. The van der Waals surface area contributed by atoms with Crippen LogP contribution < -0.4 is 10.2 Å². The molecule has 2 aliphatic rings. The summed E-state index contributed by atoms with van der Waals surface area (Å²) in [6.07, 6.45) is 4.93. The van der Waals surface area contributed by atoms with Gasteiger partial charge in [0.2, 0.25) is 17.7 Å². The first-order valence-corrected chi connectivity index (χ1v) is 11.1. The van der Waals surface area contributed by atoms with Gasteiger partial charge in [0, 0.05) is 29.4 Å². The molecule has 4 rings (SSSR count). The molecular weight excluding hydrogens is 414 g/mol. The zero-order valence-electron chi connectivity index (χ0n) is 17.4. The third-order valence-corrected chi connectivity index (χ3v) is 6.05. The summed E-state index contributed by atoms with van der Waals surface area (Å²) < 4.78 is 0. The molecule has 2 aliphatic heterocycles. The number of hydrogen-bond donors (Lipinski definition) is 1. The fourth-order valence-electron chi connectivity index (χ4n) is 4.14. The number of carbonyl (C=O) groups is 3. The van der Waals surface area contributed by atoms with Gasteiger partial charge in [-0.2, -0.15) is 0 Å². The van der Waals surface area contributed by atoms with Crippen molar-refractivity contribution in [3.05, 3.63) is 58.6 Å². The molecule has 1 saturated heterocycles. The second kappa shape index (κ2) is 9.52. The fourth-order valence-corrected chi connectivity index (χ4v) is 4.30. The van der Waals surface area contributed by atoms with Crippen molar-refractivity contribution in [2.45, 2.75) is 45.1 Å². The Hall–Kier alpha value is -2.86. The van der Waals surface area contributed by atoms with E-state index in [2.05, 4.69) is 5.32 Å². The molecule has 2 heterocycles. The van der Waals surface area contributed by atoms with Crippen molar-refractivity contribution in [1.29, 1.82) is 0 Å². The van der Waals surface area contributed by atoms with Gasteiger partial charge >= 0.3 is 0 Å². The Bertz CT molecular complexity index is 990. The number of halogens is 1. The molecule has 3 amide bonds. The van der Waals surface area contributed by atoms with E-state index < -0.39 is 0 Å². The van der Waals surface area contributed by atoms with Crippen LogP contribution in [0.15, 0.2) is 42.5 Å². The van der Waals surface area contributed by atoms with E-state index in [-0.39, 0.29) is 24.3 Å². The quantitative estimate of drug-likeness (QED) is 0.760. The van der Waals surface area contributed by atoms with Crippen LogP contribution in [0.25, 0.3) is 0 Å². The first-order valence-electron chi connectivity index (χ1n) is 10.7. The minimum absolute atomic E-state index is 0.0487. The summed E-state index contributed by atoms with van der Waals surface area (Å²) in [4.78, 5) is 40.4. The number of nitrogens with zero attached hydrogens (tertiary/aromatic N) is 2. The Morgan fingerprint density at radius 1 is 0.968 bits per heavy atom. The number of anilines is 2. The molecule has 31 heavy (non-hydrogen) atoms. The highest BCUT2D eigenvalue weighted by atomic mass is 35.5. The molecule has 7 heteroatoms. The van der Waals surface area contributed by atoms with Crippen LogP contribution in [0.2, 0.25) is 5.02 Å². The molecule has 0 bridgehead atoms. The molecule has 6 nitrogen and oxygen atoms in total. The highest BCUT2D eigenvalue weighted by Crippen LogP contribution is 2.32. The maximum atomic E-state index is 12.4. The van der Waals surface area contributed by atoms with Gasteiger partial charge in [0.1, 0.15) is 0 Å². The molecule has 0 atom stereocenters. The van der Waals surface area contributed by atoms with Gasteiger partial charge in [-0.1, -0.05) is 42.6 Å². The fraction of sp³-hybridized carbons (Fsp3) is 0.375. The van der Waals surface area contributed by atoms with Gasteiger partial charge in [-0.25, -0.2) is 0 Å². The third-order valence-electron chi connectivity index (χ3n) is 5.82. The standard InChI is InChI=1S/C24H26ClN3O3/c25-19-9-8-18-13-24(31)28(21(18)14-19)15-17-6-10-20(11-7-17)26-22(29)16-27-12-4-2-1-3-5-23(27)30/h6-11,14H,1-5,12-13,15-16H2,(H,26,29). The SMILES string of the molecule is O=C(CN1CCCCCCC1=O)Nc1ccc(CN2C(=O)Cc3ccc(Cl)cc32)cc1. The zero-order valence-corrected chi connectivity index (χ0v) is 18.2. The van der Waals surface area contributed by atoms with Gasteiger partial charge in [0.15, 0.2) is 0 Å². The zero-order chi connectivity index (χ0) is 21.8. The van der Waals surface area contributed by atoms with Crippen LogP contribution in [0, 0.1) is 0 Å². The molecule has 0 radical (unpaired) electrons. The first kappa shape index (κ1) is 21.4. The van der Waals surface area contributed by atoms with Crippen molar-refractivity contribution in [1.82, 2.24) is 4.90 Å². The van der Waals surface area contributed by atoms with Crippen molar-refractivity contribution in [2.24, 2.45) is 0 Å². The number of rotatable bonds is 5. The molecule has 0 saturated carbocycles. The number of carbonyl (C=O) groups excluding carboxylic acids is 3. The third kappa shape index (κ3) is 5.25. The highest BCUT2D eigenvalue weighted by molar-refractivity contribution is 6.31. The van der Waals surface area contributed by atoms with Crippen LogP contribution in [0.4, 0.5) is 11.4 Å². The Balaban J connectivity index is 1.35. The first-order chi connectivity index (χ1) is 15.0. The van der Waals surface area contributed by atoms with Gasteiger partial charge in [-0.3, -0.25) is 14.4 Å². The average molecular weight is 440 g/mol. The summed E-state index contributed by atoms with van der Waals surface area (Å²) in [5, 5.41) is 3.47. The van der Waals surface area contributed by atoms with Gasteiger partial charge < -0.3 is 15.1 Å². The van der Waals surface area contributed by atoms with Crippen molar-refractivity contribution in [3.63, 3.8) is 0 Å². The maximum absolute atomic E-state index is 12.4. The van der Waals surface area contributed by atoms with Gasteiger partial charge in [0.25, 0.3) is 0 Å². The molecule has 0 aliphatic carbocycles. The molecule has 0 unspecified atom stereocenters. The van der Waals surface area contributed by atoms with Crippen LogP contribution in [0.5, 0.6) is 0 Å². The van der Waals surface area contributed by atoms with E-state index in [0.717, 1.165) is 42.5 Å². The molecular formula is C24H26ClN3O3. The van der Waals surface area contributed by atoms with Crippen molar-refractivity contribution in [2.75, 3.05) is 23.3 Å². The normalized spacial score (nSPS) is 16.7. The molecule has 1 N–H and O–H groups in total. The average Bonchev–Trinajstić information content (AvgIpc) is 3.04. The molecule has 2 aromatic rings. The van der Waals surface area contributed by atoms with E-state index in [1.165, 1.54) is 0 Å². The van der Waals surface area contributed by atoms with Crippen LogP contribution >= 0.6 is 11.6 Å². The summed E-state index contributed by atoms with van der Waals surface area (Å²) >= 11 is 6.10. The van der Waals surface area contributed by atoms with Crippen LogP contribution in [0.1, 0.15) is 43.2 Å².